The first-order valence-electron chi connectivity index (χ1n) is 7.27. The van der Waals surface area contributed by atoms with Crippen molar-refractivity contribution in [3.63, 3.8) is 0 Å². The van der Waals surface area contributed by atoms with E-state index in [1.165, 1.54) is 24.5 Å². The zero-order valence-corrected chi connectivity index (χ0v) is 13.9. The molecule has 0 unspecified atom stereocenters. The van der Waals surface area contributed by atoms with E-state index in [1.807, 2.05) is 0 Å². The van der Waals surface area contributed by atoms with Crippen molar-refractivity contribution in [1.82, 2.24) is 15.0 Å². The number of hydrogen-bond acceptors (Lipinski definition) is 5. The van der Waals surface area contributed by atoms with Crippen LogP contribution in [0.1, 0.15) is 10.5 Å². The minimum Gasteiger partial charge on any atom is -0.340 e. The Morgan fingerprint density at radius 3 is 2.68 bits per heavy atom. The Bertz CT molecular complexity index is 907. The third-order valence-corrected chi connectivity index (χ3v) is 3.66. The molecule has 0 atom stereocenters. The average molecular weight is 358 g/mol. The van der Waals surface area contributed by atoms with E-state index in [-0.39, 0.29) is 16.5 Å². The predicted octanol–water partition coefficient (Wildman–Crippen LogP) is 3.68. The number of carbonyl (C=O) groups is 1. The van der Waals surface area contributed by atoms with Gasteiger partial charge in [0.15, 0.2) is 0 Å². The quantitative estimate of drug-likeness (QED) is 0.721. The summed E-state index contributed by atoms with van der Waals surface area (Å²) in [5.74, 6) is -0.879. The number of pyridine rings is 1. The molecular weight excluding hydrogens is 345 g/mol. The molecule has 0 saturated heterocycles. The van der Waals surface area contributed by atoms with Crippen molar-refractivity contribution in [2.45, 2.75) is 0 Å². The molecule has 0 saturated carbocycles. The highest BCUT2D eigenvalue weighted by Crippen LogP contribution is 2.28. The first-order chi connectivity index (χ1) is 12.0. The maximum Gasteiger partial charge on any atom is 0.274 e. The summed E-state index contributed by atoms with van der Waals surface area (Å²) in [6.07, 6.45) is 4.52. The van der Waals surface area contributed by atoms with Crippen molar-refractivity contribution in [1.29, 1.82) is 0 Å². The van der Waals surface area contributed by atoms with E-state index >= 15 is 0 Å². The van der Waals surface area contributed by atoms with Crippen LogP contribution in [0.5, 0.6) is 0 Å². The third kappa shape index (κ3) is 3.89. The molecule has 0 radical (unpaired) electrons. The fourth-order valence-corrected chi connectivity index (χ4v) is 2.34. The molecule has 0 aliphatic rings. The van der Waals surface area contributed by atoms with E-state index < -0.39 is 11.7 Å². The molecule has 0 fully saturated rings. The summed E-state index contributed by atoms with van der Waals surface area (Å²) in [4.78, 5) is 25.6. The van der Waals surface area contributed by atoms with E-state index in [2.05, 4.69) is 20.3 Å². The lowest BCUT2D eigenvalue weighted by atomic mass is 10.2. The van der Waals surface area contributed by atoms with Crippen LogP contribution in [0.25, 0.3) is 0 Å². The lowest BCUT2D eigenvalue weighted by molar-refractivity contribution is 0.102. The Balaban J connectivity index is 1.85. The monoisotopic (exact) mass is 357 g/mol. The smallest absolute Gasteiger partial charge is 0.274 e. The van der Waals surface area contributed by atoms with E-state index in [1.54, 1.807) is 42.5 Å². The first kappa shape index (κ1) is 16.8. The van der Waals surface area contributed by atoms with Gasteiger partial charge in [0.25, 0.3) is 5.91 Å². The Morgan fingerprint density at radius 2 is 1.96 bits per heavy atom. The number of nitrogens with zero attached hydrogens (tertiary/aromatic N) is 4. The van der Waals surface area contributed by atoms with Crippen molar-refractivity contribution in [3.05, 3.63) is 71.8 Å². The third-order valence-electron chi connectivity index (χ3n) is 3.45. The van der Waals surface area contributed by atoms with Gasteiger partial charge >= 0.3 is 0 Å². The van der Waals surface area contributed by atoms with Gasteiger partial charge < -0.3 is 10.2 Å². The van der Waals surface area contributed by atoms with E-state index in [0.29, 0.717) is 11.4 Å². The Morgan fingerprint density at radius 1 is 1.20 bits per heavy atom. The normalized spacial score (nSPS) is 10.4. The largest absolute Gasteiger partial charge is 0.340 e. The van der Waals surface area contributed by atoms with Gasteiger partial charge in [-0.3, -0.25) is 4.79 Å². The fraction of sp³-hybridized carbons (Fsp3) is 0.0588. The van der Waals surface area contributed by atoms with Crippen LogP contribution in [0, 0.1) is 5.82 Å². The number of amides is 1. The van der Waals surface area contributed by atoms with Crippen molar-refractivity contribution >= 4 is 34.6 Å². The van der Waals surface area contributed by atoms with Gasteiger partial charge in [0.1, 0.15) is 23.0 Å². The van der Waals surface area contributed by atoms with Gasteiger partial charge in [0.05, 0.1) is 23.8 Å². The Labute approximate surface area is 148 Å². The number of aromatic nitrogens is 3. The zero-order chi connectivity index (χ0) is 17.8. The van der Waals surface area contributed by atoms with E-state index in [0.717, 1.165) is 0 Å². The van der Waals surface area contributed by atoms with Gasteiger partial charge in [-0.05, 0) is 30.3 Å². The first-order valence-corrected chi connectivity index (χ1v) is 7.64. The number of hydrogen-bond donors (Lipinski definition) is 1. The van der Waals surface area contributed by atoms with Crippen LogP contribution in [0.3, 0.4) is 0 Å². The van der Waals surface area contributed by atoms with Gasteiger partial charge in [0, 0.05) is 12.7 Å². The van der Waals surface area contributed by atoms with Gasteiger partial charge in [0.2, 0.25) is 0 Å². The summed E-state index contributed by atoms with van der Waals surface area (Å²) in [6.45, 7) is 0. The van der Waals surface area contributed by atoms with Crippen molar-refractivity contribution in [3.8, 4) is 0 Å². The number of carbonyl (C=O) groups excluding carboxylic acids is 1. The zero-order valence-electron chi connectivity index (χ0n) is 13.1. The van der Waals surface area contributed by atoms with E-state index in [9.17, 15) is 9.18 Å². The number of nitrogens with one attached hydrogen (secondary N) is 1. The highest BCUT2D eigenvalue weighted by molar-refractivity contribution is 6.29. The molecule has 2 aromatic heterocycles. The summed E-state index contributed by atoms with van der Waals surface area (Å²) in [5, 5.41) is 2.89. The molecule has 6 nitrogen and oxygen atoms in total. The lowest BCUT2D eigenvalue weighted by Crippen LogP contribution is -2.15. The molecule has 25 heavy (non-hydrogen) atoms. The van der Waals surface area contributed by atoms with Crippen LogP contribution in [-0.2, 0) is 0 Å². The second-order valence-electron chi connectivity index (χ2n) is 5.12. The topological polar surface area (TPSA) is 71.0 Å². The van der Waals surface area contributed by atoms with Gasteiger partial charge in [-0.1, -0.05) is 17.7 Å². The van der Waals surface area contributed by atoms with Gasteiger partial charge in [-0.15, -0.1) is 0 Å². The van der Waals surface area contributed by atoms with E-state index in [4.69, 9.17) is 11.6 Å². The summed E-state index contributed by atoms with van der Waals surface area (Å²) < 4.78 is 14.2. The fourth-order valence-electron chi connectivity index (χ4n) is 2.18. The molecular formula is C17H13ClFN5O. The molecule has 1 N–H and O–H groups in total. The van der Waals surface area contributed by atoms with Crippen LogP contribution in [0.15, 0.2) is 55.1 Å². The van der Waals surface area contributed by atoms with Crippen molar-refractivity contribution < 1.29 is 9.18 Å². The van der Waals surface area contributed by atoms with Crippen LogP contribution in [0.4, 0.5) is 21.5 Å². The molecule has 3 aromatic rings. The summed E-state index contributed by atoms with van der Waals surface area (Å²) in [7, 11) is 1.68. The SMILES string of the molecule is CN(c1cncnc1)c1cc(NC(=O)c2cccc(Cl)n2)ccc1F. The molecule has 0 aliphatic carbocycles. The van der Waals surface area contributed by atoms with Gasteiger partial charge in [-0.25, -0.2) is 19.3 Å². The minimum atomic E-state index is -0.440. The maximum atomic E-state index is 14.2. The highest BCUT2D eigenvalue weighted by atomic mass is 35.5. The number of rotatable bonds is 4. The predicted molar refractivity (Wildman–Crippen MR) is 93.7 cm³/mol. The summed E-state index contributed by atoms with van der Waals surface area (Å²) in [5.41, 5.74) is 1.48. The number of halogens is 2. The molecule has 0 bridgehead atoms. The minimum absolute atomic E-state index is 0.170. The molecule has 1 amide bonds. The molecule has 126 valence electrons. The van der Waals surface area contributed by atoms with Crippen LogP contribution in [-0.4, -0.2) is 27.9 Å². The number of anilines is 3. The second-order valence-corrected chi connectivity index (χ2v) is 5.51. The summed E-state index contributed by atoms with van der Waals surface area (Å²) in [6, 6.07) is 9.01. The van der Waals surface area contributed by atoms with Crippen LogP contribution in [0.2, 0.25) is 5.15 Å². The van der Waals surface area contributed by atoms with Crippen molar-refractivity contribution in [2.24, 2.45) is 0 Å². The second kappa shape index (κ2) is 7.23. The Kier molecular flexibility index (Phi) is 4.85. The van der Waals surface area contributed by atoms with Crippen molar-refractivity contribution in [2.75, 3.05) is 17.3 Å². The molecule has 0 spiro atoms. The standard InChI is InChI=1S/C17H13ClFN5O/c1-24(12-8-20-10-21-9-12)15-7-11(5-6-13(15)19)22-17(25)14-3-2-4-16(18)23-14/h2-10H,1H3,(H,22,25). The van der Waals surface area contributed by atoms with Crippen LogP contribution >= 0.6 is 11.6 Å². The lowest BCUT2D eigenvalue weighted by Gasteiger charge is -2.20. The maximum absolute atomic E-state index is 14.2. The highest BCUT2D eigenvalue weighted by Gasteiger charge is 2.13. The number of benzene rings is 1. The van der Waals surface area contributed by atoms with Gasteiger partial charge in [-0.2, -0.15) is 0 Å². The summed E-state index contributed by atoms with van der Waals surface area (Å²) >= 11 is 5.79. The molecule has 3 rings (SSSR count). The Hall–Kier alpha value is -3.06. The molecule has 2 heterocycles. The molecule has 1 aromatic carbocycles. The molecule has 8 heteroatoms. The average Bonchev–Trinajstić information content (AvgIpc) is 2.63. The molecule has 0 aliphatic heterocycles. The van der Waals surface area contributed by atoms with Crippen LogP contribution < -0.4 is 10.2 Å².